The van der Waals surface area contributed by atoms with Crippen LogP contribution in [0.1, 0.15) is 29.1 Å². The number of halogens is 1. The molecule has 6 heteroatoms. The Morgan fingerprint density at radius 2 is 1.88 bits per heavy atom. The third-order valence-electron chi connectivity index (χ3n) is 3.58. The topological polar surface area (TPSA) is 68.0 Å². The molecule has 0 aliphatic heterocycles. The lowest BCUT2D eigenvalue weighted by molar-refractivity contribution is 0.0946. The maximum atomic E-state index is 13.6. The first-order valence-corrected chi connectivity index (χ1v) is 7.57. The summed E-state index contributed by atoms with van der Waals surface area (Å²) in [6.45, 7) is 2.12. The number of amides is 1. The van der Waals surface area contributed by atoms with Crippen LogP contribution in [0.25, 0.3) is 11.4 Å². The Morgan fingerprint density at radius 1 is 1.17 bits per heavy atom. The molecule has 0 aliphatic rings. The second-order valence-electron chi connectivity index (χ2n) is 5.41. The van der Waals surface area contributed by atoms with Gasteiger partial charge in [0.2, 0.25) is 11.7 Å². The first kappa shape index (κ1) is 15.9. The van der Waals surface area contributed by atoms with Gasteiger partial charge in [-0.3, -0.25) is 4.79 Å². The van der Waals surface area contributed by atoms with Crippen LogP contribution in [0.15, 0.2) is 59.1 Å². The van der Waals surface area contributed by atoms with Crippen LogP contribution in [0, 0.1) is 5.82 Å². The van der Waals surface area contributed by atoms with Crippen molar-refractivity contribution in [3.05, 3.63) is 71.9 Å². The van der Waals surface area contributed by atoms with E-state index in [1.54, 1.807) is 6.07 Å². The molecule has 3 aromatic rings. The summed E-state index contributed by atoms with van der Waals surface area (Å²) in [4.78, 5) is 16.4. The van der Waals surface area contributed by atoms with E-state index in [0.29, 0.717) is 11.7 Å². The van der Waals surface area contributed by atoms with Crippen LogP contribution in [0.5, 0.6) is 0 Å². The number of nitrogens with one attached hydrogen (secondary N) is 1. The third kappa shape index (κ3) is 3.48. The van der Waals surface area contributed by atoms with Crippen LogP contribution >= 0.6 is 0 Å². The molecule has 5 nitrogen and oxygen atoms in total. The van der Waals surface area contributed by atoms with Gasteiger partial charge in [-0.15, -0.1) is 0 Å². The highest BCUT2D eigenvalue weighted by Crippen LogP contribution is 2.19. The molecule has 0 saturated heterocycles. The minimum absolute atomic E-state index is 0.0141. The smallest absolute Gasteiger partial charge is 0.254 e. The number of benzene rings is 2. The second-order valence-corrected chi connectivity index (χ2v) is 5.41. The van der Waals surface area contributed by atoms with Crippen LogP contribution in [0.2, 0.25) is 0 Å². The van der Waals surface area contributed by atoms with Gasteiger partial charge in [0, 0.05) is 12.1 Å². The number of carbonyl (C=O) groups excluding carboxylic acids is 1. The highest BCUT2D eigenvalue weighted by atomic mass is 19.1. The summed E-state index contributed by atoms with van der Waals surface area (Å²) < 4.78 is 18.8. The lowest BCUT2D eigenvalue weighted by Gasteiger charge is -2.09. The third-order valence-corrected chi connectivity index (χ3v) is 3.58. The van der Waals surface area contributed by atoms with Crippen molar-refractivity contribution in [2.45, 2.75) is 12.8 Å². The molecule has 0 aliphatic carbocycles. The van der Waals surface area contributed by atoms with Crippen molar-refractivity contribution in [2.24, 2.45) is 0 Å². The molecule has 0 spiro atoms. The summed E-state index contributed by atoms with van der Waals surface area (Å²) in [6, 6.07) is 15.3. The Balaban J connectivity index is 1.64. The number of carbonyl (C=O) groups is 1. The zero-order chi connectivity index (χ0) is 16.9. The van der Waals surface area contributed by atoms with Crippen LogP contribution in [0.4, 0.5) is 4.39 Å². The summed E-state index contributed by atoms with van der Waals surface area (Å²) in [5.41, 5.74) is 0.871. The maximum absolute atomic E-state index is 13.6. The predicted octanol–water partition coefficient (Wildman–Crippen LogP) is 3.41. The molecule has 0 fully saturated rings. The van der Waals surface area contributed by atoms with Gasteiger partial charge in [0.25, 0.3) is 5.91 Å². The molecular formula is C18H16FN3O2. The van der Waals surface area contributed by atoms with Gasteiger partial charge in [0.15, 0.2) is 0 Å². The Morgan fingerprint density at radius 3 is 2.62 bits per heavy atom. The van der Waals surface area contributed by atoms with Crippen molar-refractivity contribution in [2.75, 3.05) is 6.54 Å². The summed E-state index contributed by atoms with van der Waals surface area (Å²) in [5.74, 6) is -0.291. The summed E-state index contributed by atoms with van der Waals surface area (Å²) >= 11 is 0. The molecule has 0 radical (unpaired) electrons. The molecule has 1 aromatic heterocycles. The van der Waals surface area contributed by atoms with Crippen LogP contribution in [0.3, 0.4) is 0 Å². The average Bonchev–Trinajstić information content (AvgIpc) is 3.11. The average molecular weight is 325 g/mol. The van der Waals surface area contributed by atoms with Gasteiger partial charge in [0.1, 0.15) is 5.82 Å². The zero-order valence-corrected chi connectivity index (χ0v) is 13.1. The molecule has 0 bridgehead atoms. The van der Waals surface area contributed by atoms with E-state index in [4.69, 9.17) is 4.52 Å². The molecule has 1 N–H and O–H groups in total. The minimum atomic E-state index is -0.549. The highest BCUT2D eigenvalue weighted by Gasteiger charge is 2.17. The first-order valence-electron chi connectivity index (χ1n) is 7.57. The second kappa shape index (κ2) is 7.04. The Kier molecular flexibility index (Phi) is 4.65. The Bertz CT molecular complexity index is 833. The standard InChI is InChI=1S/C18H16FN3O2/c1-12(11-20-17(23)14-9-5-6-10-15(14)19)18-21-16(22-24-18)13-7-3-2-4-8-13/h2-10,12H,11H2,1H3,(H,20,23). The van der Waals surface area contributed by atoms with Crippen molar-refractivity contribution in [3.63, 3.8) is 0 Å². The molecule has 0 saturated carbocycles. The zero-order valence-electron chi connectivity index (χ0n) is 13.1. The van der Waals surface area contributed by atoms with Crippen molar-refractivity contribution in [1.82, 2.24) is 15.5 Å². The van der Waals surface area contributed by atoms with E-state index in [0.717, 1.165) is 5.56 Å². The number of nitrogens with zero attached hydrogens (tertiary/aromatic N) is 2. The van der Waals surface area contributed by atoms with Gasteiger partial charge in [0.05, 0.1) is 11.5 Å². The van der Waals surface area contributed by atoms with Gasteiger partial charge in [-0.25, -0.2) is 4.39 Å². The monoisotopic (exact) mass is 325 g/mol. The van der Waals surface area contributed by atoms with Crippen molar-refractivity contribution < 1.29 is 13.7 Å². The molecular weight excluding hydrogens is 309 g/mol. The summed E-state index contributed by atoms with van der Waals surface area (Å²) in [5, 5.41) is 6.63. The lowest BCUT2D eigenvalue weighted by atomic mass is 10.1. The van der Waals surface area contributed by atoms with E-state index in [-0.39, 0.29) is 18.0 Å². The van der Waals surface area contributed by atoms with E-state index in [2.05, 4.69) is 15.5 Å². The van der Waals surface area contributed by atoms with Gasteiger partial charge >= 0.3 is 0 Å². The Hall–Kier alpha value is -3.02. The quantitative estimate of drug-likeness (QED) is 0.780. The molecule has 2 aromatic carbocycles. The molecule has 3 rings (SSSR count). The fourth-order valence-corrected chi connectivity index (χ4v) is 2.21. The van der Waals surface area contributed by atoms with Gasteiger partial charge in [-0.1, -0.05) is 54.5 Å². The van der Waals surface area contributed by atoms with E-state index >= 15 is 0 Å². The molecule has 1 atom stereocenters. The Labute approximate surface area is 138 Å². The van der Waals surface area contributed by atoms with E-state index < -0.39 is 11.7 Å². The highest BCUT2D eigenvalue weighted by molar-refractivity contribution is 5.94. The molecule has 122 valence electrons. The minimum Gasteiger partial charge on any atom is -0.351 e. The van der Waals surface area contributed by atoms with E-state index in [1.165, 1.54) is 18.2 Å². The largest absolute Gasteiger partial charge is 0.351 e. The molecule has 1 unspecified atom stereocenters. The molecule has 24 heavy (non-hydrogen) atoms. The summed E-state index contributed by atoms with van der Waals surface area (Å²) in [6.07, 6.45) is 0. The maximum Gasteiger partial charge on any atom is 0.254 e. The number of hydrogen-bond donors (Lipinski definition) is 1. The fraction of sp³-hybridized carbons (Fsp3) is 0.167. The van der Waals surface area contributed by atoms with Crippen molar-refractivity contribution in [1.29, 1.82) is 0 Å². The van der Waals surface area contributed by atoms with Crippen molar-refractivity contribution >= 4 is 5.91 Å². The van der Waals surface area contributed by atoms with Crippen LogP contribution < -0.4 is 5.32 Å². The fourth-order valence-electron chi connectivity index (χ4n) is 2.21. The van der Waals surface area contributed by atoms with E-state index in [1.807, 2.05) is 37.3 Å². The SMILES string of the molecule is CC(CNC(=O)c1ccccc1F)c1nc(-c2ccccc2)no1. The lowest BCUT2D eigenvalue weighted by Crippen LogP contribution is -2.28. The predicted molar refractivity (Wildman–Crippen MR) is 86.9 cm³/mol. The van der Waals surface area contributed by atoms with Gasteiger partial charge in [-0.2, -0.15) is 4.98 Å². The van der Waals surface area contributed by atoms with Crippen molar-refractivity contribution in [3.8, 4) is 11.4 Å². The van der Waals surface area contributed by atoms with Crippen LogP contribution in [-0.4, -0.2) is 22.6 Å². The van der Waals surface area contributed by atoms with Gasteiger partial charge in [-0.05, 0) is 12.1 Å². The number of aromatic nitrogens is 2. The van der Waals surface area contributed by atoms with E-state index in [9.17, 15) is 9.18 Å². The van der Waals surface area contributed by atoms with Gasteiger partial charge < -0.3 is 9.84 Å². The summed E-state index contributed by atoms with van der Waals surface area (Å²) in [7, 11) is 0. The van der Waals surface area contributed by atoms with Crippen LogP contribution in [-0.2, 0) is 0 Å². The normalized spacial score (nSPS) is 11.9. The number of hydrogen-bond acceptors (Lipinski definition) is 4. The first-order chi connectivity index (χ1) is 11.6. The molecule has 1 heterocycles. The number of rotatable bonds is 5. The molecule has 1 amide bonds.